The van der Waals surface area contributed by atoms with Crippen LogP contribution in [0.1, 0.15) is 99.3 Å². The van der Waals surface area contributed by atoms with E-state index in [9.17, 15) is 0 Å². The first-order chi connectivity index (χ1) is 9.99. The Balaban J connectivity index is 3.50. The standard InChI is InChI=1S/C20H42O/c1-7-17(3)11-9-12-18(4)13-10-14-19(5)15-16-20(6)21-8-2/h17-20H,7-16H2,1-6H3. The lowest BCUT2D eigenvalue weighted by Crippen LogP contribution is -2.10. The molecule has 0 aromatic rings. The smallest absolute Gasteiger partial charge is 0.0547 e. The second-order valence-corrected chi connectivity index (χ2v) is 7.43. The predicted octanol–water partition coefficient (Wildman–Crippen LogP) is 6.85. The van der Waals surface area contributed by atoms with Gasteiger partial charge in [-0.25, -0.2) is 0 Å². The highest BCUT2D eigenvalue weighted by molar-refractivity contribution is 4.61. The summed E-state index contributed by atoms with van der Waals surface area (Å²) in [5.74, 6) is 2.70. The zero-order valence-electron chi connectivity index (χ0n) is 15.8. The highest BCUT2D eigenvalue weighted by atomic mass is 16.5. The van der Waals surface area contributed by atoms with Crippen molar-refractivity contribution >= 4 is 0 Å². The topological polar surface area (TPSA) is 9.23 Å². The van der Waals surface area contributed by atoms with E-state index >= 15 is 0 Å². The summed E-state index contributed by atoms with van der Waals surface area (Å²) < 4.78 is 5.61. The normalized spacial score (nSPS) is 17.4. The zero-order chi connectivity index (χ0) is 16.1. The van der Waals surface area contributed by atoms with Crippen molar-refractivity contribution in [3.63, 3.8) is 0 Å². The molecule has 0 rings (SSSR count). The molecule has 0 N–H and O–H groups in total. The Morgan fingerprint density at radius 3 is 1.57 bits per heavy atom. The van der Waals surface area contributed by atoms with Crippen LogP contribution in [0.4, 0.5) is 0 Å². The third kappa shape index (κ3) is 13.4. The fourth-order valence-electron chi connectivity index (χ4n) is 3.01. The van der Waals surface area contributed by atoms with Crippen LogP contribution in [0, 0.1) is 17.8 Å². The van der Waals surface area contributed by atoms with E-state index in [1.54, 1.807) is 0 Å². The highest BCUT2D eigenvalue weighted by Gasteiger charge is 2.08. The molecule has 0 spiro atoms. The third-order valence-electron chi connectivity index (χ3n) is 5.00. The largest absolute Gasteiger partial charge is 0.379 e. The van der Waals surface area contributed by atoms with Crippen molar-refractivity contribution in [2.24, 2.45) is 17.8 Å². The molecular formula is C20H42O. The first-order valence-corrected chi connectivity index (χ1v) is 9.61. The first-order valence-electron chi connectivity index (χ1n) is 9.61. The number of hydrogen-bond donors (Lipinski definition) is 0. The van der Waals surface area contributed by atoms with Gasteiger partial charge in [-0.3, -0.25) is 0 Å². The summed E-state index contributed by atoms with van der Waals surface area (Å²) in [6.07, 6.45) is 12.8. The molecule has 0 saturated carbocycles. The summed E-state index contributed by atoms with van der Waals surface area (Å²) in [5.41, 5.74) is 0. The zero-order valence-corrected chi connectivity index (χ0v) is 15.8. The average molecular weight is 299 g/mol. The van der Waals surface area contributed by atoms with Crippen molar-refractivity contribution in [1.82, 2.24) is 0 Å². The second-order valence-electron chi connectivity index (χ2n) is 7.43. The van der Waals surface area contributed by atoms with E-state index in [2.05, 4.69) is 41.5 Å². The molecule has 0 bridgehead atoms. The van der Waals surface area contributed by atoms with Crippen LogP contribution >= 0.6 is 0 Å². The maximum atomic E-state index is 5.61. The molecule has 0 aliphatic heterocycles. The van der Waals surface area contributed by atoms with E-state index in [1.807, 2.05) is 0 Å². The Hall–Kier alpha value is -0.0400. The van der Waals surface area contributed by atoms with Gasteiger partial charge in [0.05, 0.1) is 6.10 Å². The fraction of sp³-hybridized carbons (Fsp3) is 1.00. The second kappa shape index (κ2) is 13.6. The molecular weight excluding hydrogens is 256 g/mol. The van der Waals surface area contributed by atoms with Gasteiger partial charge >= 0.3 is 0 Å². The minimum absolute atomic E-state index is 0.442. The summed E-state index contributed by atoms with van der Waals surface area (Å²) in [4.78, 5) is 0. The van der Waals surface area contributed by atoms with Crippen LogP contribution < -0.4 is 0 Å². The van der Waals surface area contributed by atoms with Crippen LogP contribution in [0.2, 0.25) is 0 Å². The Labute approximate surface area is 135 Å². The third-order valence-corrected chi connectivity index (χ3v) is 5.00. The van der Waals surface area contributed by atoms with Gasteiger partial charge in [0.15, 0.2) is 0 Å². The van der Waals surface area contributed by atoms with E-state index in [1.165, 1.54) is 57.8 Å². The van der Waals surface area contributed by atoms with Gasteiger partial charge in [-0.05, 0) is 44.4 Å². The van der Waals surface area contributed by atoms with E-state index in [4.69, 9.17) is 4.74 Å². The van der Waals surface area contributed by atoms with E-state index in [0.717, 1.165) is 24.4 Å². The molecule has 0 fully saturated rings. The highest BCUT2D eigenvalue weighted by Crippen LogP contribution is 2.22. The quantitative estimate of drug-likeness (QED) is 0.341. The molecule has 0 aromatic carbocycles. The van der Waals surface area contributed by atoms with Crippen molar-refractivity contribution in [3.8, 4) is 0 Å². The molecule has 0 aromatic heterocycles. The van der Waals surface area contributed by atoms with E-state index < -0.39 is 0 Å². The number of hydrogen-bond acceptors (Lipinski definition) is 1. The SMILES string of the molecule is CCOC(C)CCC(C)CCCC(C)CCCC(C)CC. The molecule has 4 atom stereocenters. The molecule has 21 heavy (non-hydrogen) atoms. The fourth-order valence-corrected chi connectivity index (χ4v) is 3.01. The Morgan fingerprint density at radius 2 is 1.10 bits per heavy atom. The maximum Gasteiger partial charge on any atom is 0.0547 e. The van der Waals surface area contributed by atoms with Crippen LogP contribution in [-0.4, -0.2) is 12.7 Å². The molecule has 128 valence electrons. The molecule has 0 aliphatic carbocycles. The summed E-state index contributed by atoms with van der Waals surface area (Å²) in [6, 6.07) is 0. The van der Waals surface area contributed by atoms with Gasteiger partial charge in [-0.15, -0.1) is 0 Å². The van der Waals surface area contributed by atoms with Crippen molar-refractivity contribution in [1.29, 1.82) is 0 Å². The molecule has 4 unspecified atom stereocenters. The average Bonchev–Trinajstić information content (AvgIpc) is 2.45. The van der Waals surface area contributed by atoms with Crippen LogP contribution in [0.25, 0.3) is 0 Å². The van der Waals surface area contributed by atoms with Crippen molar-refractivity contribution < 1.29 is 4.74 Å². The summed E-state index contributed by atoms with van der Waals surface area (Å²) >= 11 is 0. The Morgan fingerprint density at radius 1 is 0.619 bits per heavy atom. The Bertz CT molecular complexity index is 214. The van der Waals surface area contributed by atoms with Crippen LogP contribution in [0.15, 0.2) is 0 Å². The molecule has 0 heterocycles. The van der Waals surface area contributed by atoms with Gasteiger partial charge in [0.1, 0.15) is 0 Å². The number of ether oxygens (including phenoxy) is 1. The van der Waals surface area contributed by atoms with Crippen molar-refractivity contribution in [2.45, 2.75) is 105 Å². The minimum Gasteiger partial charge on any atom is -0.379 e. The maximum absolute atomic E-state index is 5.61. The van der Waals surface area contributed by atoms with Gasteiger partial charge < -0.3 is 4.74 Å². The predicted molar refractivity (Wildman–Crippen MR) is 95.8 cm³/mol. The summed E-state index contributed by atoms with van der Waals surface area (Å²) in [5, 5.41) is 0. The first kappa shape index (κ1) is 21.0. The monoisotopic (exact) mass is 298 g/mol. The molecule has 0 radical (unpaired) electrons. The Kier molecular flexibility index (Phi) is 13.6. The summed E-state index contributed by atoms with van der Waals surface area (Å²) in [6.45, 7) is 14.7. The van der Waals surface area contributed by atoms with Crippen LogP contribution in [0.5, 0.6) is 0 Å². The lowest BCUT2D eigenvalue weighted by molar-refractivity contribution is 0.0655. The van der Waals surface area contributed by atoms with Crippen LogP contribution in [-0.2, 0) is 4.74 Å². The number of rotatable bonds is 14. The molecule has 0 saturated heterocycles. The molecule has 1 heteroatoms. The van der Waals surface area contributed by atoms with Gasteiger partial charge in [0.25, 0.3) is 0 Å². The minimum atomic E-state index is 0.442. The molecule has 0 amide bonds. The van der Waals surface area contributed by atoms with Gasteiger partial charge in [0, 0.05) is 6.61 Å². The van der Waals surface area contributed by atoms with Gasteiger partial charge in [0.2, 0.25) is 0 Å². The molecule has 1 nitrogen and oxygen atoms in total. The summed E-state index contributed by atoms with van der Waals surface area (Å²) in [7, 11) is 0. The van der Waals surface area contributed by atoms with E-state index in [-0.39, 0.29) is 0 Å². The van der Waals surface area contributed by atoms with Gasteiger partial charge in [-0.1, -0.05) is 72.6 Å². The van der Waals surface area contributed by atoms with Crippen molar-refractivity contribution in [2.75, 3.05) is 6.61 Å². The lowest BCUT2D eigenvalue weighted by atomic mass is 9.91. The van der Waals surface area contributed by atoms with Crippen LogP contribution in [0.3, 0.4) is 0 Å². The van der Waals surface area contributed by atoms with Gasteiger partial charge in [-0.2, -0.15) is 0 Å². The lowest BCUT2D eigenvalue weighted by Gasteiger charge is -2.17. The van der Waals surface area contributed by atoms with E-state index in [0.29, 0.717) is 6.10 Å². The van der Waals surface area contributed by atoms with Crippen molar-refractivity contribution in [3.05, 3.63) is 0 Å². The molecule has 0 aliphatic rings.